The molecule has 3 rings (SSSR count). The van der Waals surface area contributed by atoms with Gasteiger partial charge in [-0.05, 0) is 24.3 Å². The second-order valence-corrected chi connectivity index (χ2v) is 4.92. The molecule has 0 radical (unpaired) electrons. The Kier molecular flexibility index (Phi) is 4.24. The van der Waals surface area contributed by atoms with Crippen molar-refractivity contribution in [2.75, 3.05) is 10.6 Å². The van der Waals surface area contributed by atoms with Crippen molar-refractivity contribution >= 4 is 23.4 Å². The molecule has 0 aliphatic rings. The SMILES string of the molecule is O=C(Nc1ccccc1)Nc1cn(-c2ccccc2)nc1C(=O)O. The first-order chi connectivity index (χ1) is 11.6. The van der Waals surface area contributed by atoms with Gasteiger partial charge in [-0.3, -0.25) is 0 Å². The number of hydrogen-bond donors (Lipinski definition) is 3. The summed E-state index contributed by atoms with van der Waals surface area (Å²) in [6, 6.07) is 17.3. The van der Waals surface area contributed by atoms with Crippen molar-refractivity contribution in [3.8, 4) is 5.69 Å². The topological polar surface area (TPSA) is 96.3 Å². The maximum absolute atomic E-state index is 12.1. The van der Waals surface area contributed by atoms with Crippen molar-refractivity contribution in [1.29, 1.82) is 0 Å². The number of urea groups is 1. The van der Waals surface area contributed by atoms with E-state index in [2.05, 4.69) is 15.7 Å². The minimum absolute atomic E-state index is 0.111. The van der Waals surface area contributed by atoms with Crippen LogP contribution in [0.25, 0.3) is 5.69 Å². The molecular formula is C17H14N4O3. The lowest BCUT2D eigenvalue weighted by atomic mass is 10.3. The van der Waals surface area contributed by atoms with Gasteiger partial charge in [-0.25, -0.2) is 14.3 Å². The number of nitrogens with zero attached hydrogens (tertiary/aromatic N) is 2. The molecular weight excluding hydrogens is 308 g/mol. The van der Waals surface area contributed by atoms with E-state index in [4.69, 9.17) is 0 Å². The first-order valence-electron chi connectivity index (χ1n) is 7.15. The molecule has 24 heavy (non-hydrogen) atoms. The van der Waals surface area contributed by atoms with Gasteiger partial charge in [-0.15, -0.1) is 0 Å². The lowest BCUT2D eigenvalue weighted by Crippen LogP contribution is -2.20. The number of carboxylic acid groups (broad SMARTS) is 1. The second-order valence-electron chi connectivity index (χ2n) is 4.92. The molecule has 3 aromatic rings. The number of amides is 2. The van der Waals surface area contributed by atoms with Crippen molar-refractivity contribution in [1.82, 2.24) is 9.78 Å². The minimum atomic E-state index is -1.22. The van der Waals surface area contributed by atoms with Crippen LogP contribution in [0.15, 0.2) is 66.9 Å². The summed E-state index contributed by atoms with van der Waals surface area (Å²) in [7, 11) is 0. The van der Waals surface area contributed by atoms with Crippen LogP contribution in [0.1, 0.15) is 10.5 Å². The van der Waals surface area contributed by atoms with Crippen molar-refractivity contribution in [2.24, 2.45) is 0 Å². The average molecular weight is 322 g/mol. The molecule has 0 spiro atoms. The number of para-hydroxylation sites is 2. The molecule has 3 N–H and O–H groups in total. The summed E-state index contributed by atoms with van der Waals surface area (Å²) in [4.78, 5) is 23.4. The first-order valence-corrected chi connectivity index (χ1v) is 7.15. The van der Waals surface area contributed by atoms with Crippen molar-refractivity contribution in [2.45, 2.75) is 0 Å². The normalized spacial score (nSPS) is 10.2. The van der Waals surface area contributed by atoms with Crippen LogP contribution in [-0.4, -0.2) is 26.9 Å². The molecule has 0 bridgehead atoms. The Labute approximate surface area is 137 Å². The van der Waals surface area contributed by atoms with Gasteiger partial charge in [0.1, 0.15) is 0 Å². The van der Waals surface area contributed by atoms with Crippen molar-refractivity contribution in [3.63, 3.8) is 0 Å². The number of carbonyl (C=O) groups is 2. The molecule has 1 aromatic heterocycles. The van der Waals surface area contributed by atoms with Gasteiger partial charge in [0.05, 0.1) is 17.6 Å². The van der Waals surface area contributed by atoms with Gasteiger partial charge >= 0.3 is 12.0 Å². The second kappa shape index (κ2) is 6.66. The van der Waals surface area contributed by atoms with E-state index in [0.717, 1.165) is 0 Å². The molecule has 0 fully saturated rings. The number of rotatable bonds is 4. The maximum Gasteiger partial charge on any atom is 0.358 e. The Balaban J connectivity index is 1.83. The summed E-state index contributed by atoms with van der Waals surface area (Å²) in [6.45, 7) is 0. The highest BCUT2D eigenvalue weighted by atomic mass is 16.4. The number of aromatic nitrogens is 2. The van der Waals surface area contributed by atoms with E-state index in [0.29, 0.717) is 11.4 Å². The molecule has 2 aromatic carbocycles. The van der Waals surface area contributed by atoms with E-state index in [1.54, 1.807) is 36.4 Å². The van der Waals surface area contributed by atoms with Gasteiger partial charge in [-0.1, -0.05) is 36.4 Å². The van der Waals surface area contributed by atoms with Gasteiger partial charge in [0.2, 0.25) is 0 Å². The van der Waals surface area contributed by atoms with Crippen LogP contribution in [0.5, 0.6) is 0 Å². The predicted octanol–water partition coefficient (Wildman–Crippen LogP) is 3.21. The third-order valence-electron chi connectivity index (χ3n) is 3.22. The molecule has 0 aliphatic heterocycles. The first kappa shape index (κ1) is 15.3. The fourth-order valence-electron chi connectivity index (χ4n) is 2.14. The largest absolute Gasteiger partial charge is 0.476 e. The fourth-order valence-corrected chi connectivity index (χ4v) is 2.14. The van der Waals surface area contributed by atoms with Crippen molar-refractivity contribution in [3.05, 3.63) is 72.6 Å². The van der Waals surface area contributed by atoms with Crippen LogP contribution >= 0.6 is 0 Å². The average Bonchev–Trinajstić information content (AvgIpc) is 3.00. The number of carbonyl (C=O) groups excluding carboxylic acids is 1. The summed E-state index contributed by atoms with van der Waals surface area (Å²) >= 11 is 0. The van der Waals surface area contributed by atoms with E-state index < -0.39 is 12.0 Å². The Bertz CT molecular complexity index is 860. The molecule has 7 nitrogen and oxygen atoms in total. The van der Waals surface area contributed by atoms with Gasteiger partial charge < -0.3 is 15.7 Å². The van der Waals surface area contributed by atoms with Crippen LogP contribution in [0.2, 0.25) is 0 Å². The number of nitrogens with one attached hydrogen (secondary N) is 2. The lowest BCUT2D eigenvalue weighted by molar-refractivity contribution is 0.0691. The third-order valence-corrected chi connectivity index (χ3v) is 3.22. The number of anilines is 2. The zero-order valence-electron chi connectivity index (χ0n) is 12.5. The van der Waals surface area contributed by atoms with E-state index in [1.165, 1.54) is 10.9 Å². The van der Waals surface area contributed by atoms with Crippen LogP contribution in [0.4, 0.5) is 16.2 Å². The number of benzene rings is 2. The molecule has 0 saturated carbocycles. The van der Waals surface area contributed by atoms with Gasteiger partial charge in [0, 0.05) is 5.69 Å². The summed E-state index contributed by atoms with van der Waals surface area (Å²) in [5, 5.41) is 18.4. The predicted molar refractivity (Wildman–Crippen MR) is 89.6 cm³/mol. The highest BCUT2D eigenvalue weighted by Crippen LogP contribution is 2.18. The van der Waals surface area contributed by atoms with E-state index in [1.807, 2.05) is 24.3 Å². The Morgan fingerprint density at radius 3 is 2.17 bits per heavy atom. The van der Waals surface area contributed by atoms with E-state index >= 15 is 0 Å². The molecule has 0 saturated heterocycles. The zero-order valence-corrected chi connectivity index (χ0v) is 12.5. The summed E-state index contributed by atoms with van der Waals surface area (Å²) in [5.74, 6) is -1.22. The number of hydrogen-bond acceptors (Lipinski definition) is 3. The zero-order chi connectivity index (χ0) is 16.9. The molecule has 7 heteroatoms. The third kappa shape index (κ3) is 3.41. The molecule has 120 valence electrons. The maximum atomic E-state index is 12.1. The molecule has 0 unspecified atom stereocenters. The van der Waals surface area contributed by atoms with Gasteiger partial charge in [0.15, 0.2) is 5.69 Å². The van der Waals surface area contributed by atoms with Crippen molar-refractivity contribution < 1.29 is 14.7 Å². The molecule has 0 atom stereocenters. The molecule has 2 amide bonds. The highest BCUT2D eigenvalue weighted by molar-refractivity contribution is 6.03. The van der Waals surface area contributed by atoms with Gasteiger partial charge in [0.25, 0.3) is 0 Å². The standard InChI is InChI=1S/C17H14N4O3/c22-16(23)15-14(11-21(20-15)13-9-5-2-6-10-13)19-17(24)18-12-7-3-1-4-8-12/h1-11H,(H,22,23)(H2,18,19,24). The Morgan fingerprint density at radius 2 is 1.54 bits per heavy atom. The van der Waals surface area contributed by atoms with E-state index in [-0.39, 0.29) is 11.4 Å². The smallest absolute Gasteiger partial charge is 0.358 e. The summed E-state index contributed by atoms with van der Waals surface area (Å²) in [5.41, 5.74) is 1.17. The quantitative estimate of drug-likeness (QED) is 0.687. The fraction of sp³-hybridized carbons (Fsp3) is 0. The van der Waals surface area contributed by atoms with Crippen LogP contribution in [0.3, 0.4) is 0 Å². The number of carboxylic acids is 1. The number of aromatic carboxylic acids is 1. The monoisotopic (exact) mass is 322 g/mol. The molecule has 1 heterocycles. The Hall–Kier alpha value is -3.61. The lowest BCUT2D eigenvalue weighted by Gasteiger charge is -2.06. The highest BCUT2D eigenvalue weighted by Gasteiger charge is 2.18. The minimum Gasteiger partial charge on any atom is -0.476 e. The molecule has 0 aliphatic carbocycles. The van der Waals surface area contributed by atoms with Crippen LogP contribution in [-0.2, 0) is 0 Å². The van der Waals surface area contributed by atoms with Gasteiger partial charge in [-0.2, -0.15) is 5.10 Å². The van der Waals surface area contributed by atoms with E-state index in [9.17, 15) is 14.7 Å². The summed E-state index contributed by atoms with van der Waals surface area (Å²) < 4.78 is 1.40. The Morgan fingerprint density at radius 1 is 0.917 bits per heavy atom. The summed E-state index contributed by atoms with van der Waals surface area (Å²) in [6.07, 6.45) is 1.46. The van der Waals surface area contributed by atoms with Crippen LogP contribution < -0.4 is 10.6 Å². The van der Waals surface area contributed by atoms with Crippen LogP contribution in [0, 0.1) is 0 Å².